The number of aromatic nitrogens is 16. The Balaban J connectivity index is 0.000000133. The Bertz CT molecular complexity index is 6630. The number of piperidine rings is 3. The maximum absolute atomic E-state index is 11.9. The molecule has 0 radical (unpaired) electrons. The molecule has 12 aromatic rings. The van der Waals surface area contributed by atoms with Crippen molar-refractivity contribution in [2.75, 3.05) is 177 Å². The van der Waals surface area contributed by atoms with E-state index in [0.717, 1.165) is 206 Å². The van der Waals surface area contributed by atoms with E-state index in [0.29, 0.717) is 134 Å². The molecule has 8 aromatic heterocycles. The van der Waals surface area contributed by atoms with Gasteiger partial charge in [0.2, 0.25) is 17.7 Å². The van der Waals surface area contributed by atoms with Crippen molar-refractivity contribution in [3.05, 3.63) is 183 Å². The number of fused-ring (bicyclic) bond motifs is 4. The van der Waals surface area contributed by atoms with Crippen molar-refractivity contribution in [3.63, 3.8) is 0 Å². The zero-order chi connectivity index (χ0) is 103. The van der Waals surface area contributed by atoms with Gasteiger partial charge in [-0.15, -0.1) is 0 Å². The molecule has 4 aromatic carbocycles. The molecule has 34 nitrogen and oxygen atoms in total. The van der Waals surface area contributed by atoms with Crippen molar-refractivity contribution in [3.8, 4) is 18.2 Å². The van der Waals surface area contributed by atoms with Gasteiger partial charge < -0.3 is 60.3 Å². The molecule has 8 aliphatic heterocycles. The van der Waals surface area contributed by atoms with Gasteiger partial charge in [-0.1, -0.05) is 131 Å². The fourth-order valence-corrected chi connectivity index (χ4v) is 23.9. The van der Waals surface area contributed by atoms with Crippen LogP contribution in [0.2, 0.25) is 40.2 Å². The number of nitrogens with one attached hydrogen (secondary N) is 3. The number of hydrogen-bond donors (Lipinski definition) is 4. The number of halogens is 8. The molecule has 770 valence electrons. The number of aryl methyl sites for hydroxylation is 1. The lowest BCUT2D eigenvalue weighted by Gasteiger charge is -2.47. The smallest absolute Gasteiger partial charge is 0.222 e. The molecule has 4 N–H and O–H groups in total. The zero-order valence-electron chi connectivity index (χ0n) is 83.6. The largest absolute Gasteiger partial charge is 0.396 e. The second kappa shape index (κ2) is 47.8. The number of anilines is 4. The summed E-state index contributed by atoms with van der Waals surface area (Å²) in [5.74, 6) is 8.65. The summed E-state index contributed by atoms with van der Waals surface area (Å²) in [6.07, 6.45) is 16.5. The maximum Gasteiger partial charge on any atom is 0.222 e. The molecular weight excluding hydrogens is 2020 g/mol. The lowest BCUT2D eigenvalue weighted by molar-refractivity contribution is -0.124. The number of nitriles is 3. The second-order valence-electron chi connectivity index (χ2n) is 40.3. The Hall–Kier alpha value is -10.7. The van der Waals surface area contributed by atoms with E-state index in [9.17, 15) is 30.2 Å². The van der Waals surface area contributed by atoms with Gasteiger partial charge in [0.1, 0.15) is 63.5 Å². The molecule has 0 aliphatic carbocycles. The molecular formula is C104H124Cl8N30O4. The number of amides is 3. The lowest BCUT2D eigenvalue weighted by atomic mass is 9.80. The minimum atomic E-state index is -0.256. The number of hydrogen-bond acceptors (Lipinski definition) is 27. The maximum atomic E-state index is 11.9. The first-order valence-corrected chi connectivity index (χ1v) is 53.6. The predicted molar refractivity (Wildman–Crippen MR) is 573 cm³/mol. The van der Waals surface area contributed by atoms with E-state index in [4.69, 9.17) is 128 Å². The van der Waals surface area contributed by atoms with Gasteiger partial charge in [0.25, 0.3) is 0 Å². The highest BCUT2D eigenvalue weighted by atomic mass is 35.5. The molecule has 16 heterocycles. The molecule has 8 aliphatic rings. The SMILES string of the molecule is CC(=O)NCCN1CCC[C@@H](C2CN(c3cnc4c(C#N)nn([C@H](C)c5ccc(Cl)cc5Cl)c4n3)C2)C1.CC(=O)NCCN1CCC[C@H](C2CN(c3cnc4c(C#N)nn([C@H](C)c5ccc(Cl)cc5Cl)c4n3)C2)C1.C[C@H](c1ccc(Cl)cc1Cl)n1nc(C#N)c2ncc(N3CC([C@@H]4CCN(CCCO)C4)C3)nc21.Cc1nn([C@H](C)c2ccc(Cl)cc2Cl)c2nc(N3CC([C@@H]4CCCN(CCNC(=O)C(C)C)C4)C3)cnc12. The van der Waals surface area contributed by atoms with E-state index < -0.39 is 0 Å². The van der Waals surface area contributed by atoms with Gasteiger partial charge in [0.05, 0.1) is 54.6 Å². The van der Waals surface area contributed by atoms with Crippen LogP contribution in [-0.2, 0) is 14.4 Å². The van der Waals surface area contributed by atoms with E-state index in [-0.39, 0.29) is 71.5 Å². The zero-order valence-corrected chi connectivity index (χ0v) is 89.7. The highest BCUT2D eigenvalue weighted by Gasteiger charge is 2.43. The first-order chi connectivity index (χ1) is 70.4. The average Bonchev–Trinajstić information content (AvgIpc) is 1.59. The number of nitrogens with zero attached hydrogens (tertiary/aromatic N) is 27. The summed E-state index contributed by atoms with van der Waals surface area (Å²) >= 11 is 50.2. The Kier molecular flexibility index (Phi) is 34.9. The third kappa shape index (κ3) is 24.5. The van der Waals surface area contributed by atoms with Gasteiger partial charge >= 0.3 is 0 Å². The number of carbonyl (C=O) groups is 3. The van der Waals surface area contributed by atoms with Gasteiger partial charge in [-0.05, 0) is 230 Å². The van der Waals surface area contributed by atoms with Gasteiger partial charge in [-0.25, -0.2) is 58.6 Å². The van der Waals surface area contributed by atoms with Crippen LogP contribution in [0.15, 0.2) is 97.6 Å². The van der Waals surface area contributed by atoms with E-state index in [1.54, 1.807) is 88.9 Å². The first-order valence-electron chi connectivity index (χ1n) is 50.6. The Morgan fingerprint density at radius 2 is 0.658 bits per heavy atom. The molecule has 20 rings (SSSR count). The van der Waals surface area contributed by atoms with E-state index in [2.05, 4.69) is 111 Å². The summed E-state index contributed by atoms with van der Waals surface area (Å²) in [6.45, 7) is 39.4. The summed E-state index contributed by atoms with van der Waals surface area (Å²) < 4.78 is 7.10. The molecule has 0 bridgehead atoms. The third-order valence-corrected chi connectivity index (χ3v) is 32.4. The number of benzene rings is 4. The molecule has 3 amide bonds. The van der Waals surface area contributed by atoms with Crippen molar-refractivity contribution in [1.29, 1.82) is 15.8 Å². The van der Waals surface area contributed by atoms with Gasteiger partial charge in [-0.3, -0.25) is 14.4 Å². The van der Waals surface area contributed by atoms with Gasteiger partial charge in [0.15, 0.2) is 39.7 Å². The van der Waals surface area contributed by atoms with Crippen LogP contribution in [0.5, 0.6) is 0 Å². The van der Waals surface area contributed by atoms with Crippen LogP contribution in [0.25, 0.3) is 44.7 Å². The van der Waals surface area contributed by atoms with Crippen LogP contribution >= 0.6 is 92.8 Å². The Morgan fingerprint density at radius 1 is 0.377 bits per heavy atom. The van der Waals surface area contributed by atoms with Crippen molar-refractivity contribution in [1.82, 2.24) is 115 Å². The number of aliphatic hydroxyl groups excluding tert-OH is 1. The molecule has 8 atom stereocenters. The van der Waals surface area contributed by atoms with Gasteiger partial charge in [0, 0.05) is 191 Å². The molecule has 0 unspecified atom stereocenters. The van der Waals surface area contributed by atoms with Gasteiger partial charge in [-0.2, -0.15) is 36.2 Å². The quantitative estimate of drug-likeness (QED) is 0.0338. The summed E-state index contributed by atoms with van der Waals surface area (Å²) in [5, 5.41) is 69.6. The highest BCUT2D eigenvalue weighted by Crippen LogP contribution is 2.43. The van der Waals surface area contributed by atoms with E-state index in [1.165, 1.54) is 44.9 Å². The van der Waals surface area contributed by atoms with Crippen molar-refractivity contribution in [2.24, 2.45) is 53.3 Å². The normalized spacial score (nSPS) is 19.6. The second-order valence-corrected chi connectivity index (χ2v) is 43.7. The van der Waals surface area contributed by atoms with Crippen LogP contribution in [-0.4, -0.2) is 279 Å². The summed E-state index contributed by atoms with van der Waals surface area (Å²) in [4.78, 5) is 91.3. The number of likely N-dealkylation sites (tertiary alicyclic amines) is 4. The van der Waals surface area contributed by atoms with E-state index >= 15 is 0 Å². The van der Waals surface area contributed by atoms with Crippen molar-refractivity contribution >= 4 is 178 Å². The molecule has 8 saturated heterocycles. The fourth-order valence-electron chi connectivity index (χ4n) is 21.6. The van der Waals surface area contributed by atoms with Crippen LogP contribution in [0, 0.1) is 94.2 Å². The minimum absolute atomic E-state index is 0.0233. The molecule has 0 saturated carbocycles. The minimum Gasteiger partial charge on any atom is -0.396 e. The highest BCUT2D eigenvalue weighted by molar-refractivity contribution is 6.37. The summed E-state index contributed by atoms with van der Waals surface area (Å²) in [5.41, 5.74) is 9.85. The Labute approximate surface area is 890 Å². The van der Waals surface area contributed by atoms with Crippen LogP contribution in [0.3, 0.4) is 0 Å². The monoisotopic (exact) mass is 2140 g/mol. The lowest BCUT2D eigenvalue weighted by Crippen LogP contribution is -2.54. The number of carbonyl (C=O) groups excluding carboxylic acids is 3. The fraction of sp³-hybridized carbons (Fsp3) is 0.519. The van der Waals surface area contributed by atoms with Crippen molar-refractivity contribution in [2.45, 2.75) is 138 Å². The molecule has 146 heavy (non-hydrogen) atoms. The summed E-state index contributed by atoms with van der Waals surface area (Å²) in [6, 6.07) is 27.2. The number of aliphatic hydroxyl groups is 1. The first kappa shape index (κ1) is 107. The summed E-state index contributed by atoms with van der Waals surface area (Å²) in [7, 11) is 0. The van der Waals surface area contributed by atoms with Crippen LogP contribution in [0.4, 0.5) is 23.3 Å². The van der Waals surface area contributed by atoms with E-state index in [1.807, 2.05) is 82.8 Å². The topological polar surface area (TPSA) is 379 Å². The van der Waals surface area contributed by atoms with Crippen LogP contribution < -0.4 is 35.6 Å². The Morgan fingerprint density at radius 3 is 0.945 bits per heavy atom. The molecule has 42 heteroatoms. The standard InChI is InChI=1S/C28H37Cl2N7O.2C26H30Cl2N8O.C24H27Cl2N7O/c1-17(2)28(38)31-9-11-35-10-5-6-20(14-35)21-15-36(16-21)25-13-32-26-18(3)34-37(27(26)33-25)19(4)23-8-7-22(29)12-24(23)30;2*1-16(21-6-5-20(27)10-22(21)28)36-26-25(23(11-29)33-36)31-12-24(32-26)35-14-19(15-35)18-4-3-8-34(13-18)9-7-30-17(2)37;1-15(19-4-3-18(25)9-20(19)26)33-24-23(21(10-27)30-33)28-11-22(29-24)32-13-17(14-32)16-5-7-31(12-16)6-2-8-34/h7-8,12-13,17,19-21H,5-6,9-11,14-16H2,1-4H3,(H,31,38);2*5-6,10,12,16,18-19H,3-4,7-9,13-15H2,1-2H3,(H,30,37);3-4,9,11,15-17,34H,2,5-8,12-14H2,1H3/t19-,20-;16-,18+;16-,18-;15-,16-/m1111/s1. The predicted octanol–water partition coefficient (Wildman–Crippen LogP) is 16.5. The van der Waals surface area contributed by atoms with Crippen molar-refractivity contribution < 1.29 is 19.5 Å². The molecule has 8 fully saturated rings. The average molecular weight is 2140 g/mol. The molecule has 0 spiro atoms. The third-order valence-electron chi connectivity index (χ3n) is 30.2. The number of rotatable bonds is 29. The van der Waals surface area contributed by atoms with Crippen LogP contribution in [0.1, 0.15) is 176 Å².